The Balaban J connectivity index is 1.74. The van der Waals surface area contributed by atoms with E-state index in [1.54, 1.807) is 11.3 Å². The van der Waals surface area contributed by atoms with E-state index in [-0.39, 0.29) is 23.3 Å². The van der Waals surface area contributed by atoms with Gasteiger partial charge in [0.1, 0.15) is 0 Å². The number of nitrogens with zero attached hydrogens (tertiary/aromatic N) is 1. The van der Waals surface area contributed by atoms with Crippen molar-refractivity contribution in [2.45, 2.75) is 39.3 Å². The van der Waals surface area contributed by atoms with Gasteiger partial charge in [-0.1, -0.05) is 0 Å². The minimum absolute atomic E-state index is 0.0948. The van der Waals surface area contributed by atoms with Crippen LogP contribution >= 0.6 is 11.3 Å². The Labute approximate surface area is 136 Å². The maximum Gasteiger partial charge on any atom is 0.225 e. The molecule has 0 unspecified atom stereocenters. The molecule has 0 aliphatic carbocycles. The van der Waals surface area contributed by atoms with Crippen LogP contribution in [0.15, 0.2) is 16.8 Å². The lowest BCUT2D eigenvalue weighted by atomic mass is 9.71. The van der Waals surface area contributed by atoms with E-state index in [0.717, 1.165) is 45.7 Å². The highest BCUT2D eigenvalue weighted by Gasteiger charge is 2.50. The number of rotatable bonds is 4. The number of ether oxygens (including phenoxy) is 1. The van der Waals surface area contributed by atoms with Gasteiger partial charge in [-0.25, -0.2) is 0 Å². The Morgan fingerprint density at radius 2 is 2.27 bits per heavy atom. The largest absolute Gasteiger partial charge is 0.381 e. The summed E-state index contributed by atoms with van der Waals surface area (Å²) in [5.41, 5.74) is 1.46. The van der Waals surface area contributed by atoms with Gasteiger partial charge >= 0.3 is 0 Å². The number of amides is 1. The number of carbonyl (C=O) groups is 1. The molecule has 3 heterocycles. The first-order chi connectivity index (χ1) is 10.6. The van der Waals surface area contributed by atoms with Crippen molar-refractivity contribution in [3.05, 3.63) is 22.4 Å². The van der Waals surface area contributed by atoms with E-state index in [0.29, 0.717) is 0 Å². The molecule has 1 aromatic heterocycles. The molecule has 0 saturated carbocycles. The van der Waals surface area contributed by atoms with E-state index in [9.17, 15) is 4.79 Å². The van der Waals surface area contributed by atoms with Crippen LogP contribution in [0.2, 0.25) is 0 Å². The summed E-state index contributed by atoms with van der Waals surface area (Å²) in [6.07, 6.45) is 2.01. The lowest BCUT2D eigenvalue weighted by Crippen LogP contribution is -2.46. The van der Waals surface area contributed by atoms with E-state index in [1.165, 1.54) is 5.56 Å². The summed E-state index contributed by atoms with van der Waals surface area (Å²) in [5.74, 6) is 0.321. The van der Waals surface area contributed by atoms with Gasteiger partial charge in [0.15, 0.2) is 0 Å². The Hall–Kier alpha value is -0.910. The van der Waals surface area contributed by atoms with E-state index in [1.807, 2.05) is 13.8 Å². The van der Waals surface area contributed by atoms with Gasteiger partial charge in [0.2, 0.25) is 5.91 Å². The molecule has 2 saturated heterocycles. The summed E-state index contributed by atoms with van der Waals surface area (Å²) in [5, 5.41) is 7.46. The van der Waals surface area contributed by atoms with Crippen molar-refractivity contribution in [1.82, 2.24) is 10.2 Å². The average Bonchev–Trinajstić information content (AvgIpc) is 3.08. The van der Waals surface area contributed by atoms with Crippen LogP contribution in [0.1, 0.15) is 32.3 Å². The molecule has 4 nitrogen and oxygen atoms in total. The number of hydrogen-bond donors (Lipinski definition) is 1. The molecule has 1 N–H and O–H groups in total. The average molecular weight is 322 g/mol. The third-order valence-corrected chi connectivity index (χ3v) is 5.67. The van der Waals surface area contributed by atoms with Crippen LogP contribution < -0.4 is 5.32 Å². The highest BCUT2D eigenvalue weighted by atomic mass is 32.1. The zero-order chi connectivity index (χ0) is 15.6. The smallest absolute Gasteiger partial charge is 0.225 e. The predicted molar refractivity (Wildman–Crippen MR) is 88.9 cm³/mol. The van der Waals surface area contributed by atoms with Crippen molar-refractivity contribution < 1.29 is 9.53 Å². The standard InChI is InChI=1S/C17H26N2O2S/c1-13(2)18-16(20)15-10-19(9-14-3-8-22-11-14)12-17(15)4-6-21-7-5-17/h3,8,11,13,15H,4-7,9-10,12H2,1-2H3,(H,18,20)/t15-/m0/s1. The lowest BCUT2D eigenvalue weighted by molar-refractivity contribution is -0.130. The van der Waals surface area contributed by atoms with Crippen molar-refractivity contribution in [3.63, 3.8) is 0 Å². The second-order valence-electron chi connectivity index (χ2n) is 6.99. The topological polar surface area (TPSA) is 41.6 Å². The summed E-state index contributed by atoms with van der Waals surface area (Å²) in [4.78, 5) is 15.2. The number of likely N-dealkylation sites (tertiary alicyclic amines) is 1. The van der Waals surface area contributed by atoms with E-state index < -0.39 is 0 Å². The van der Waals surface area contributed by atoms with E-state index in [4.69, 9.17) is 4.74 Å². The fourth-order valence-electron chi connectivity index (χ4n) is 3.86. The third-order valence-electron chi connectivity index (χ3n) is 4.94. The minimum Gasteiger partial charge on any atom is -0.381 e. The van der Waals surface area contributed by atoms with Crippen LogP contribution in [0.5, 0.6) is 0 Å². The highest BCUT2D eigenvalue weighted by molar-refractivity contribution is 7.07. The molecule has 22 heavy (non-hydrogen) atoms. The summed E-state index contributed by atoms with van der Waals surface area (Å²) in [6, 6.07) is 2.39. The molecule has 2 aliphatic heterocycles. The maximum atomic E-state index is 12.7. The Kier molecular flexibility index (Phi) is 4.85. The van der Waals surface area contributed by atoms with Crippen LogP contribution in [0.25, 0.3) is 0 Å². The minimum atomic E-state index is 0.0948. The fraction of sp³-hybridized carbons (Fsp3) is 0.706. The van der Waals surface area contributed by atoms with Crippen molar-refractivity contribution in [2.24, 2.45) is 11.3 Å². The molecule has 0 aromatic carbocycles. The second kappa shape index (κ2) is 6.69. The van der Waals surface area contributed by atoms with Crippen LogP contribution in [0.3, 0.4) is 0 Å². The van der Waals surface area contributed by atoms with Gasteiger partial charge in [-0.05, 0) is 49.1 Å². The maximum absolute atomic E-state index is 12.7. The molecule has 0 radical (unpaired) electrons. The Morgan fingerprint density at radius 3 is 2.91 bits per heavy atom. The van der Waals surface area contributed by atoms with Gasteiger partial charge in [0.25, 0.3) is 0 Å². The molecule has 2 fully saturated rings. The van der Waals surface area contributed by atoms with Gasteiger partial charge in [0, 0.05) is 44.3 Å². The first kappa shape index (κ1) is 16.0. The monoisotopic (exact) mass is 322 g/mol. The predicted octanol–water partition coefficient (Wildman–Crippen LogP) is 2.50. The first-order valence-electron chi connectivity index (χ1n) is 8.21. The molecule has 3 rings (SSSR count). The molecule has 122 valence electrons. The van der Waals surface area contributed by atoms with Crippen LogP contribution in [0, 0.1) is 11.3 Å². The number of carbonyl (C=O) groups excluding carboxylic acids is 1. The van der Waals surface area contributed by atoms with Crippen LogP contribution in [-0.4, -0.2) is 43.2 Å². The molecular formula is C17H26N2O2S. The van der Waals surface area contributed by atoms with E-state index in [2.05, 4.69) is 27.0 Å². The van der Waals surface area contributed by atoms with Crippen LogP contribution in [0.4, 0.5) is 0 Å². The quantitative estimate of drug-likeness (QED) is 0.926. The van der Waals surface area contributed by atoms with Crippen molar-refractivity contribution in [1.29, 1.82) is 0 Å². The second-order valence-corrected chi connectivity index (χ2v) is 7.77. The fourth-order valence-corrected chi connectivity index (χ4v) is 4.52. The van der Waals surface area contributed by atoms with Gasteiger partial charge in [-0.3, -0.25) is 9.69 Å². The summed E-state index contributed by atoms with van der Waals surface area (Å²) >= 11 is 1.74. The van der Waals surface area contributed by atoms with E-state index >= 15 is 0 Å². The lowest BCUT2D eigenvalue weighted by Gasteiger charge is -2.37. The van der Waals surface area contributed by atoms with Crippen molar-refractivity contribution in [3.8, 4) is 0 Å². The van der Waals surface area contributed by atoms with Crippen molar-refractivity contribution in [2.75, 3.05) is 26.3 Å². The van der Waals surface area contributed by atoms with Gasteiger partial charge in [-0.2, -0.15) is 11.3 Å². The zero-order valence-corrected chi connectivity index (χ0v) is 14.3. The summed E-state index contributed by atoms with van der Waals surface area (Å²) < 4.78 is 5.56. The molecule has 1 spiro atoms. The molecule has 1 atom stereocenters. The number of nitrogens with one attached hydrogen (secondary N) is 1. The van der Waals surface area contributed by atoms with Gasteiger partial charge in [0.05, 0.1) is 5.92 Å². The molecular weight excluding hydrogens is 296 g/mol. The first-order valence-corrected chi connectivity index (χ1v) is 9.15. The number of hydrogen-bond acceptors (Lipinski definition) is 4. The normalized spacial score (nSPS) is 25.0. The summed E-state index contributed by atoms with van der Waals surface area (Å²) in [6.45, 7) is 8.49. The highest BCUT2D eigenvalue weighted by Crippen LogP contribution is 2.44. The Morgan fingerprint density at radius 1 is 1.50 bits per heavy atom. The summed E-state index contributed by atoms with van der Waals surface area (Å²) in [7, 11) is 0. The molecule has 0 bridgehead atoms. The molecule has 2 aliphatic rings. The van der Waals surface area contributed by atoms with Crippen molar-refractivity contribution >= 4 is 17.2 Å². The van der Waals surface area contributed by atoms with Gasteiger partial charge < -0.3 is 10.1 Å². The third kappa shape index (κ3) is 3.36. The van der Waals surface area contributed by atoms with Gasteiger partial charge in [-0.15, -0.1) is 0 Å². The zero-order valence-electron chi connectivity index (χ0n) is 13.5. The molecule has 1 aromatic rings. The number of thiophene rings is 1. The molecule has 1 amide bonds. The van der Waals surface area contributed by atoms with Crippen LogP contribution in [-0.2, 0) is 16.1 Å². The molecule has 5 heteroatoms. The Bertz CT molecular complexity index is 495. The SMILES string of the molecule is CC(C)NC(=O)[C@@H]1CN(Cc2ccsc2)CC12CCOCC2.